The Kier molecular flexibility index (Phi) is 8.23. The molecular weight excluding hydrogens is 342 g/mol. The maximum Gasteiger partial charge on any atom is 0.248 e. The summed E-state index contributed by atoms with van der Waals surface area (Å²) in [6, 6.07) is 12.9. The summed E-state index contributed by atoms with van der Waals surface area (Å²) in [7, 11) is 1.60. The van der Waals surface area contributed by atoms with Crippen LogP contribution in [-0.2, 0) is 4.79 Å². The lowest BCUT2D eigenvalue weighted by molar-refractivity contribution is -0.111. The van der Waals surface area contributed by atoms with Crippen molar-refractivity contribution in [2.75, 3.05) is 25.6 Å². The van der Waals surface area contributed by atoms with Crippen LogP contribution < -0.4 is 19.5 Å². The third kappa shape index (κ3) is 6.37. The van der Waals surface area contributed by atoms with E-state index in [-0.39, 0.29) is 5.91 Å². The van der Waals surface area contributed by atoms with Gasteiger partial charge in [0.25, 0.3) is 0 Å². The second-order valence-electron chi connectivity index (χ2n) is 5.86. The summed E-state index contributed by atoms with van der Waals surface area (Å²) in [5.41, 5.74) is 1.49. The molecule has 0 aromatic heterocycles. The molecule has 0 aliphatic carbocycles. The summed E-state index contributed by atoms with van der Waals surface area (Å²) in [6.45, 7) is 5.21. The Balaban J connectivity index is 2.03. The van der Waals surface area contributed by atoms with Crippen molar-refractivity contribution in [2.24, 2.45) is 0 Å². The minimum atomic E-state index is -0.232. The minimum Gasteiger partial charge on any atom is -0.493 e. The number of rotatable bonds is 10. The zero-order valence-electron chi connectivity index (χ0n) is 16.2. The van der Waals surface area contributed by atoms with Gasteiger partial charge in [0.15, 0.2) is 11.5 Å². The number of hydrogen-bond donors (Lipinski definition) is 1. The Bertz CT molecular complexity index is 771. The number of amides is 1. The van der Waals surface area contributed by atoms with Crippen LogP contribution in [0.1, 0.15) is 32.3 Å². The summed E-state index contributed by atoms with van der Waals surface area (Å²) in [5.74, 6) is 1.77. The molecule has 2 aromatic rings. The molecule has 2 aromatic carbocycles. The van der Waals surface area contributed by atoms with Gasteiger partial charge in [-0.25, -0.2) is 0 Å². The van der Waals surface area contributed by atoms with E-state index in [0.717, 1.165) is 18.4 Å². The Morgan fingerprint density at radius 3 is 2.59 bits per heavy atom. The lowest BCUT2D eigenvalue weighted by Crippen LogP contribution is -2.09. The number of nitrogens with one attached hydrogen (secondary N) is 1. The highest BCUT2D eigenvalue weighted by atomic mass is 16.5. The second kappa shape index (κ2) is 10.9. The van der Waals surface area contributed by atoms with E-state index in [0.29, 0.717) is 36.1 Å². The lowest BCUT2D eigenvalue weighted by Gasteiger charge is -2.11. The van der Waals surface area contributed by atoms with Gasteiger partial charge in [-0.3, -0.25) is 4.79 Å². The van der Waals surface area contributed by atoms with Crippen molar-refractivity contribution in [3.05, 3.63) is 54.1 Å². The average Bonchev–Trinajstić information content (AvgIpc) is 2.69. The number of unbranched alkanes of at least 4 members (excludes halogenated alkanes) is 1. The smallest absolute Gasteiger partial charge is 0.248 e. The average molecular weight is 369 g/mol. The Morgan fingerprint density at radius 1 is 1.04 bits per heavy atom. The van der Waals surface area contributed by atoms with Crippen molar-refractivity contribution in [1.29, 1.82) is 0 Å². The van der Waals surface area contributed by atoms with E-state index in [1.807, 2.05) is 49.4 Å². The zero-order chi connectivity index (χ0) is 19.5. The van der Waals surface area contributed by atoms with Crippen molar-refractivity contribution in [3.8, 4) is 17.2 Å². The predicted molar refractivity (Wildman–Crippen MR) is 109 cm³/mol. The van der Waals surface area contributed by atoms with Crippen molar-refractivity contribution in [2.45, 2.75) is 26.7 Å². The van der Waals surface area contributed by atoms with Crippen LogP contribution in [0.2, 0.25) is 0 Å². The van der Waals surface area contributed by atoms with Gasteiger partial charge in [0.2, 0.25) is 5.91 Å². The number of methoxy groups -OCH3 is 1. The standard InChI is InChI=1S/C22H27NO4/c1-4-6-15-27-20-13-11-17(16-21(20)25-3)12-14-22(24)23-18-9-7-8-10-19(18)26-5-2/h7-14,16H,4-6,15H2,1-3H3,(H,23,24)/b14-12+. The second-order valence-corrected chi connectivity index (χ2v) is 5.86. The van der Waals surface area contributed by atoms with Gasteiger partial charge in [-0.1, -0.05) is 31.5 Å². The quantitative estimate of drug-likeness (QED) is 0.477. The van der Waals surface area contributed by atoms with Crippen LogP contribution in [0.4, 0.5) is 5.69 Å². The summed E-state index contributed by atoms with van der Waals surface area (Å²) in [6.07, 6.45) is 5.28. The van der Waals surface area contributed by atoms with E-state index in [1.54, 1.807) is 13.2 Å². The van der Waals surface area contributed by atoms with Crippen LogP contribution >= 0.6 is 0 Å². The summed E-state index contributed by atoms with van der Waals surface area (Å²) in [5, 5.41) is 2.83. The predicted octanol–water partition coefficient (Wildman–Crippen LogP) is 4.92. The number of benzene rings is 2. The van der Waals surface area contributed by atoms with E-state index >= 15 is 0 Å². The fourth-order valence-electron chi connectivity index (χ4n) is 2.43. The third-order valence-electron chi connectivity index (χ3n) is 3.82. The first-order chi connectivity index (χ1) is 13.2. The Morgan fingerprint density at radius 2 is 1.85 bits per heavy atom. The molecule has 1 amide bonds. The van der Waals surface area contributed by atoms with Crippen molar-refractivity contribution in [3.63, 3.8) is 0 Å². The van der Waals surface area contributed by atoms with Crippen molar-refractivity contribution < 1.29 is 19.0 Å². The van der Waals surface area contributed by atoms with E-state index < -0.39 is 0 Å². The van der Waals surface area contributed by atoms with Gasteiger partial charge in [-0.2, -0.15) is 0 Å². The van der Waals surface area contributed by atoms with Crippen molar-refractivity contribution >= 4 is 17.7 Å². The number of carbonyl (C=O) groups is 1. The topological polar surface area (TPSA) is 56.8 Å². The minimum absolute atomic E-state index is 0.232. The molecule has 1 N–H and O–H groups in total. The third-order valence-corrected chi connectivity index (χ3v) is 3.82. The van der Waals surface area contributed by atoms with Crippen LogP contribution in [0.25, 0.3) is 6.08 Å². The summed E-state index contributed by atoms with van der Waals surface area (Å²) in [4.78, 5) is 12.2. The highest BCUT2D eigenvalue weighted by Gasteiger charge is 2.06. The Labute approximate surface area is 161 Å². The summed E-state index contributed by atoms with van der Waals surface area (Å²) >= 11 is 0. The maximum atomic E-state index is 12.2. The molecular formula is C22H27NO4. The molecule has 0 spiro atoms. The lowest BCUT2D eigenvalue weighted by atomic mass is 10.2. The molecule has 0 radical (unpaired) electrons. The first-order valence-corrected chi connectivity index (χ1v) is 9.19. The molecule has 0 aliphatic heterocycles. The molecule has 0 atom stereocenters. The molecule has 5 nitrogen and oxygen atoms in total. The molecule has 5 heteroatoms. The normalized spacial score (nSPS) is 10.6. The monoisotopic (exact) mass is 369 g/mol. The van der Waals surface area contributed by atoms with Crippen LogP contribution in [0.15, 0.2) is 48.5 Å². The highest BCUT2D eigenvalue weighted by Crippen LogP contribution is 2.29. The number of para-hydroxylation sites is 2. The van der Waals surface area contributed by atoms with Gasteiger partial charge in [-0.15, -0.1) is 0 Å². The van der Waals surface area contributed by atoms with Crippen molar-refractivity contribution in [1.82, 2.24) is 0 Å². The van der Waals surface area contributed by atoms with Crippen LogP contribution in [0.5, 0.6) is 17.2 Å². The molecule has 0 bridgehead atoms. The van der Waals surface area contributed by atoms with Gasteiger partial charge < -0.3 is 19.5 Å². The van der Waals surface area contributed by atoms with Gasteiger partial charge >= 0.3 is 0 Å². The SMILES string of the molecule is CCCCOc1ccc(/C=C/C(=O)Nc2ccccc2OCC)cc1OC. The largest absolute Gasteiger partial charge is 0.493 e. The molecule has 0 heterocycles. The maximum absolute atomic E-state index is 12.2. The number of hydrogen-bond acceptors (Lipinski definition) is 4. The molecule has 27 heavy (non-hydrogen) atoms. The van der Waals surface area contributed by atoms with Gasteiger partial charge in [0.1, 0.15) is 5.75 Å². The van der Waals surface area contributed by atoms with E-state index in [4.69, 9.17) is 14.2 Å². The van der Waals surface area contributed by atoms with E-state index in [9.17, 15) is 4.79 Å². The molecule has 0 saturated heterocycles. The van der Waals surface area contributed by atoms with Gasteiger partial charge in [-0.05, 0) is 49.2 Å². The molecule has 2 rings (SSSR count). The number of anilines is 1. The van der Waals surface area contributed by atoms with Gasteiger partial charge in [0, 0.05) is 6.08 Å². The molecule has 144 valence electrons. The first-order valence-electron chi connectivity index (χ1n) is 9.19. The summed E-state index contributed by atoms with van der Waals surface area (Å²) < 4.78 is 16.6. The molecule has 0 saturated carbocycles. The fraction of sp³-hybridized carbons (Fsp3) is 0.318. The van der Waals surface area contributed by atoms with E-state index in [1.165, 1.54) is 6.08 Å². The van der Waals surface area contributed by atoms with Gasteiger partial charge in [0.05, 0.1) is 26.0 Å². The van der Waals surface area contributed by atoms with Crippen LogP contribution in [-0.4, -0.2) is 26.2 Å². The first kappa shape index (κ1) is 20.4. The van der Waals surface area contributed by atoms with Crippen LogP contribution in [0, 0.1) is 0 Å². The number of ether oxygens (including phenoxy) is 3. The Hall–Kier alpha value is -2.95. The van der Waals surface area contributed by atoms with E-state index in [2.05, 4.69) is 12.2 Å². The molecule has 0 fully saturated rings. The zero-order valence-corrected chi connectivity index (χ0v) is 16.2. The molecule has 0 aliphatic rings. The highest BCUT2D eigenvalue weighted by molar-refractivity contribution is 6.02. The molecule has 0 unspecified atom stereocenters. The fourth-order valence-corrected chi connectivity index (χ4v) is 2.43. The van der Waals surface area contributed by atoms with Crippen LogP contribution in [0.3, 0.4) is 0 Å². The number of carbonyl (C=O) groups excluding carboxylic acids is 1.